The highest BCUT2D eigenvalue weighted by molar-refractivity contribution is 5.97. The van der Waals surface area contributed by atoms with E-state index in [-0.39, 0.29) is 30.1 Å². The molecule has 0 bridgehead atoms. The van der Waals surface area contributed by atoms with Crippen molar-refractivity contribution in [1.82, 2.24) is 9.80 Å². The van der Waals surface area contributed by atoms with E-state index in [9.17, 15) is 14.0 Å². The topological polar surface area (TPSA) is 59.1 Å². The van der Waals surface area contributed by atoms with Crippen LogP contribution in [-0.4, -0.2) is 67.6 Å². The molecule has 2 amide bonds. The summed E-state index contributed by atoms with van der Waals surface area (Å²) in [6.45, 7) is 6.89. The lowest BCUT2D eigenvalue weighted by molar-refractivity contribution is -0.134. The molecule has 1 atom stereocenters. The zero-order chi connectivity index (χ0) is 26.6. The van der Waals surface area contributed by atoms with Crippen LogP contribution in [0.5, 0.6) is 5.75 Å². The Kier molecular flexibility index (Phi) is 11.4. The molecule has 0 fully saturated rings. The van der Waals surface area contributed by atoms with Crippen molar-refractivity contribution in [3.05, 3.63) is 65.5 Å². The molecule has 1 aliphatic rings. The molecule has 1 aliphatic heterocycles. The molecule has 2 aromatic carbocycles. The number of hydrogen-bond donors (Lipinski definition) is 0. The molecule has 7 heteroatoms. The van der Waals surface area contributed by atoms with Crippen molar-refractivity contribution in [3.63, 3.8) is 0 Å². The highest BCUT2D eigenvalue weighted by Gasteiger charge is 2.27. The molecule has 3 rings (SSSR count). The lowest BCUT2D eigenvalue weighted by atomic mass is 10.0. The van der Waals surface area contributed by atoms with Gasteiger partial charge in [-0.25, -0.2) is 4.39 Å². The quantitative estimate of drug-likeness (QED) is 0.502. The highest BCUT2D eigenvalue weighted by Crippen LogP contribution is 2.24. The van der Waals surface area contributed by atoms with Gasteiger partial charge < -0.3 is 19.3 Å². The van der Waals surface area contributed by atoms with Crippen LogP contribution in [0.25, 0.3) is 0 Å². The maximum atomic E-state index is 13.5. The van der Waals surface area contributed by atoms with Crippen molar-refractivity contribution < 1.29 is 23.5 Å². The second-order valence-electron chi connectivity index (χ2n) is 10.2. The number of carbonyl (C=O) groups is 2. The van der Waals surface area contributed by atoms with E-state index >= 15 is 0 Å². The van der Waals surface area contributed by atoms with E-state index < -0.39 is 0 Å². The summed E-state index contributed by atoms with van der Waals surface area (Å²) in [6, 6.07) is 13.3. The molecule has 0 aliphatic carbocycles. The predicted molar refractivity (Wildman–Crippen MR) is 143 cm³/mol. The van der Waals surface area contributed by atoms with Gasteiger partial charge in [-0.15, -0.1) is 0 Å². The Labute approximate surface area is 220 Å². The second-order valence-corrected chi connectivity index (χ2v) is 10.2. The molecule has 0 radical (unpaired) electrons. The summed E-state index contributed by atoms with van der Waals surface area (Å²) in [5.74, 6) is 0.536. The number of benzene rings is 2. The van der Waals surface area contributed by atoms with Crippen LogP contribution in [-0.2, 0) is 16.0 Å². The van der Waals surface area contributed by atoms with Crippen LogP contribution in [0.1, 0.15) is 61.9 Å². The van der Waals surface area contributed by atoms with Crippen LogP contribution in [0, 0.1) is 11.7 Å². The molecule has 1 heterocycles. The Balaban J connectivity index is 1.86. The summed E-state index contributed by atoms with van der Waals surface area (Å²) in [6.07, 6.45) is 4.72. The molecule has 0 saturated carbocycles. The zero-order valence-electron chi connectivity index (χ0n) is 22.5. The minimum atomic E-state index is -0.311. The van der Waals surface area contributed by atoms with Gasteiger partial charge in [-0.3, -0.25) is 9.59 Å². The zero-order valence-corrected chi connectivity index (χ0v) is 22.5. The van der Waals surface area contributed by atoms with Crippen molar-refractivity contribution in [3.8, 4) is 5.75 Å². The Hall–Kier alpha value is -2.93. The number of fused-ring (bicyclic) bond motifs is 1. The van der Waals surface area contributed by atoms with Crippen LogP contribution < -0.4 is 4.74 Å². The van der Waals surface area contributed by atoms with Crippen LogP contribution in [0.2, 0.25) is 0 Å². The number of rotatable bonds is 7. The molecular weight excluding hydrogens is 471 g/mol. The Morgan fingerprint density at radius 3 is 2.46 bits per heavy atom. The monoisotopic (exact) mass is 512 g/mol. The third-order valence-electron chi connectivity index (χ3n) is 6.75. The van der Waals surface area contributed by atoms with Gasteiger partial charge in [-0.05, 0) is 55.0 Å². The number of para-hydroxylation sites is 1. The smallest absolute Gasteiger partial charge is 0.257 e. The largest absolute Gasteiger partial charge is 0.491 e. The van der Waals surface area contributed by atoms with Gasteiger partial charge in [0.15, 0.2) is 0 Å². The number of methoxy groups -OCH3 is 1. The Bertz CT molecular complexity index is 995. The number of amides is 2. The molecule has 0 spiro atoms. The van der Waals surface area contributed by atoms with Crippen LogP contribution in [0.15, 0.2) is 48.5 Å². The summed E-state index contributed by atoms with van der Waals surface area (Å²) in [4.78, 5) is 30.8. The fourth-order valence-corrected chi connectivity index (χ4v) is 4.80. The molecule has 0 N–H and O–H groups in total. The average molecular weight is 513 g/mol. The molecule has 2 aromatic rings. The van der Waals surface area contributed by atoms with Gasteiger partial charge in [-0.2, -0.15) is 0 Å². The lowest BCUT2D eigenvalue weighted by Crippen LogP contribution is -2.46. The SMILES string of the molecule is COCCN1CCCCCCN(C(=O)Cc2ccc(F)cc2)[C@@H](CC(C)C)COc2ccccc2C1=O. The van der Waals surface area contributed by atoms with E-state index in [1.54, 1.807) is 25.3 Å². The molecular formula is C30H41FN2O4. The van der Waals surface area contributed by atoms with Crippen molar-refractivity contribution >= 4 is 11.8 Å². The fourth-order valence-electron chi connectivity index (χ4n) is 4.80. The fraction of sp³-hybridized carbons (Fsp3) is 0.533. The van der Waals surface area contributed by atoms with Crippen molar-refractivity contribution in [2.24, 2.45) is 5.92 Å². The van der Waals surface area contributed by atoms with Gasteiger partial charge in [0.1, 0.15) is 18.2 Å². The number of nitrogens with zero attached hydrogens (tertiary/aromatic N) is 2. The molecule has 202 valence electrons. The van der Waals surface area contributed by atoms with Crippen LogP contribution in [0.3, 0.4) is 0 Å². The maximum Gasteiger partial charge on any atom is 0.257 e. The number of hydrogen-bond acceptors (Lipinski definition) is 4. The standard InChI is InChI=1S/C30H41FN2O4/c1-23(2)20-26-22-37-28-11-7-6-10-27(28)30(35)32(18-19-36-3)16-8-4-5-9-17-33(26)29(34)21-24-12-14-25(31)15-13-24/h6-7,10-15,23,26H,4-5,8-9,16-22H2,1-3H3/t26-/m0/s1. The van der Waals surface area contributed by atoms with Gasteiger partial charge in [0.2, 0.25) is 5.91 Å². The number of carbonyl (C=O) groups excluding carboxylic acids is 2. The summed E-state index contributed by atoms with van der Waals surface area (Å²) in [5, 5.41) is 0. The normalized spacial score (nSPS) is 17.8. The maximum absolute atomic E-state index is 13.5. The van der Waals surface area contributed by atoms with E-state index in [0.717, 1.165) is 37.7 Å². The summed E-state index contributed by atoms with van der Waals surface area (Å²) in [5.41, 5.74) is 1.32. The van der Waals surface area contributed by atoms with E-state index in [1.807, 2.05) is 28.0 Å². The van der Waals surface area contributed by atoms with E-state index in [0.29, 0.717) is 50.1 Å². The molecule has 0 aromatic heterocycles. The van der Waals surface area contributed by atoms with E-state index in [4.69, 9.17) is 9.47 Å². The Morgan fingerprint density at radius 1 is 1.05 bits per heavy atom. The van der Waals surface area contributed by atoms with Gasteiger partial charge in [0, 0.05) is 26.7 Å². The van der Waals surface area contributed by atoms with Gasteiger partial charge >= 0.3 is 0 Å². The third kappa shape index (κ3) is 8.85. The first-order valence-corrected chi connectivity index (χ1v) is 13.4. The lowest BCUT2D eigenvalue weighted by Gasteiger charge is -2.34. The first kappa shape index (κ1) is 28.6. The van der Waals surface area contributed by atoms with Crippen LogP contribution in [0.4, 0.5) is 4.39 Å². The van der Waals surface area contributed by atoms with Crippen LogP contribution >= 0.6 is 0 Å². The van der Waals surface area contributed by atoms with Crippen molar-refractivity contribution in [1.29, 1.82) is 0 Å². The summed E-state index contributed by atoms with van der Waals surface area (Å²) >= 11 is 0. The third-order valence-corrected chi connectivity index (χ3v) is 6.75. The van der Waals surface area contributed by atoms with Gasteiger partial charge in [-0.1, -0.05) is 51.0 Å². The van der Waals surface area contributed by atoms with Crippen molar-refractivity contribution in [2.75, 3.05) is 40.0 Å². The first-order valence-electron chi connectivity index (χ1n) is 13.4. The van der Waals surface area contributed by atoms with Gasteiger partial charge in [0.05, 0.1) is 24.6 Å². The summed E-state index contributed by atoms with van der Waals surface area (Å²) in [7, 11) is 1.64. The second kappa shape index (κ2) is 14.7. The molecule has 0 unspecified atom stereocenters. The Morgan fingerprint density at radius 2 is 1.76 bits per heavy atom. The highest BCUT2D eigenvalue weighted by atomic mass is 19.1. The van der Waals surface area contributed by atoms with E-state index in [2.05, 4.69) is 13.8 Å². The molecule has 6 nitrogen and oxygen atoms in total. The first-order chi connectivity index (χ1) is 17.9. The minimum absolute atomic E-state index is 0.0167. The average Bonchev–Trinajstić information content (AvgIpc) is 2.88. The van der Waals surface area contributed by atoms with Crippen molar-refractivity contribution in [2.45, 2.75) is 58.4 Å². The molecule has 37 heavy (non-hydrogen) atoms. The van der Waals surface area contributed by atoms with Gasteiger partial charge in [0.25, 0.3) is 5.91 Å². The minimum Gasteiger partial charge on any atom is -0.491 e. The number of ether oxygens (including phenoxy) is 2. The van der Waals surface area contributed by atoms with E-state index in [1.165, 1.54) is 12.1 Å². The number of halogens is 1. The predicted octanol–water partition coefficient (Wildman–Crippen LogP) is 5.35. The summed E-state index contributed by atoms with van der Waals surface area (Å²) < 4.78 is 24.9. The molecule has 0 saturated heterocycles.